The van der Waals surface area contributed by atoms with Crippen molar-refractivity contribution < 1.29 is 48.6 Å². The fourth-order valence-corrected chi connectivity index (χ4v) is 6.06. The zero-order valence-corrected chi connectivity index (χ0v) is 36.2. The monoisotopic (exact) mass is 898 g/mol. The first-order valence-electron chi connectivity index (χ1n) is 18.9. The van der Waals surface area contributed by atoms with Gasteiger partial charge in [-0.25, -0.2) is 9.15 Å². The molecule has 3 aliphatic heterocycles. The Labute approximate surface area is 373 Å². The number of hydrogen-bond acceptors (Lipinski definition) is 12. The first kappa shape index (κ1) is 52.7. The van der Waals surface area contributed by atoms with Gasteiger partial charge in [-0.1, -0.05) is 5.16 Å². The van der Waals surface area contributed by atoms with E-state index in [1.165, 1.54) is 36.4 Å². The van der Waals surface area contributed by atoms with Gasteiger partial charge in [-0.3, -0.25) is 31.7 Å². The summed E-state index contributed by atoms with van der Waals surface area (Å²) in [5.41, 5.74) is 33.7. The van der Waals surface area contributed by atoms with E-state index in [1.807, 2.05) is 59.2 Å². The van der Waals surface area contributed by atoms with Gasteiger partial charge in [-0.05, 0) is 98.5 Å². The maximum absolute atomic E-state index is 10.5. The molecule has 0 radical (unpaired) electrons. The fourth-order valence-electron chi connectivity index (χ4n) is 5.93. The van der Waals surface area contributed by atoms with Gasteiger partial charge in [0.2, 0.25) is 11.7 Å². The maximum atomic E-state index is 10.5. The molecule has 0 unspecified atom stereocenters. The van der Waals surface area contributed by atoms with Gasteiger partial charge in [0, 0.05) is 72.3 Å². The number of anilines is 4. The first-order valence-corrected chi connectivity index (χ1v) is 19.5. The minimum atomic E-state index is -0.459. The summed E-state index contributed by atoms with van der Waals surface area (Å²) in [6, 6.07) is 29.8. The number of nitro benzene ring substituents is 2. The summed E-state index contributed by atoms with van der Waals surface area (Å²) in [7, 11) is 1.58. The van der Waals surface area contributed by atoms with Crippen LogP contribution in [0.4, 0.5) is 45.5 Å². The van der Waals surface area contributed by atoms with E-state index in [0.29, 0.717) is 18.0 Å². The SMILES string of the molecule is CO/N=C1\CCCN1c1ccc(N)cc1.N#CCCCCl.NC1=[N+](c2ccc(N)cc2)CCC1.NC1=[N+](c2ccc([N+](=O)[O-])cc2)CCC1.Nc1ccc([N+](=O)[O-])cc1.[Cl-].[Cl-]. The molecule has 0 bridgehead atoms. The lowest BCUT2D eigenvalue weighted by molar-refractivity contribution is -0.432. The van der Waals surface area contributed by atoms with Crippen LogP contribution >= 0.6 is 11.6 Å². The van der Waals surface area contributed by atoms with E-state index < -0.39 is 9.85 Å². The van der Waals surface area contributed by atoms with Crippen molar-refractivity contribution in [3.05, 3.63) is 117 Å². The Morgan fingerprint density at radius 1 is 0.705 bits per heavy atom. The van der Waals surface area contributed by atoms with E-state index in [1.54, 1.807) is 19.2 Å². The van der Waals surface area contributed by atoms with Crippen molar-refractivity contribution in [2.45, 2.75) is 51.4 Å². The lowest BCUT2D eigenvalue weighted by Gasteiger charge is -2.18. The number of nitrogen functional groups attached to an aromatic ring is 3. The van der Waals surface area contributed by atoms with E-state index in [4.69, 9.17) is 50.4 Å². The van der Waals surface area contributed by atoms with Gasteiger partial charge in [0.25, 0.3) is 11.4 Å². The fraction of sp³-hybridized carbons (Fsp3) is 0.317. The number of rotatable bonds is 8. The first-order chi connectivity index (χ1) is 28.4. The molecule has 0 aliphatic carbocycles. The number of non-ortho nitro benzene ring substituents is 2. The van der Waals surface area contributed by atoms with E-state index in [2.05, 4.69) is 14.6 Å². The zero-order chi connectivity index (χ0) is 43.2. The van der Waals surface area contributed by atoms with Gasteiger partial charge in [0.1, 0.15) is 24.3 Å². The molecule has 0 saturated carbocycles. The number of amidine groups is 3. The molecule has 4 aromatic rings. The van der Waals surface area contributed by atoms with E-state index in [9.17, 15) is 20.2 Å². The lowest BCUT2D eigenvalue weighted by Crippen LogP contribution is -3.00. The molecule has 1 saturated heterocycles. The van der Waals surface area contributed by atoms with Crippen molar-refractivity contribution in [1.29, 1.82) is 5.26 Å². The number of unbranched alkanes of at least 4 members (excludes halogenated alkanes) is 1. The van der Waals surface area contributed by atoms with Crippen LogP contribution in [0.3, 0.4) is 0 Å². The highest BCUT2D eigenvalue weighted by Crippen LogP contribution is 2.24. The van der Waals surface area contributed by atoms with Crippen LogP contribution in [0.25, 0.3) is 0 Å². The normalized spacial score (nSPS) is 14.2. The Hall–Kier alpha value is -6.35. The van der Waals surface area contributed by atoms with Gasteiger partial charge in [0.15, 0.2) is 0 Å². The van der Waals surface area contributed by atoms with Gasteiger partial charge >= 0.3 is 0 Å². The molecule has 10 N–H and O–H groups in total. The number of hydrogen-bond donors (Lipinski definition) is 5. The number of nitrogens with two attached hydrogens (primary N) is 5. The van der Waals surface area contributed by atoms with Crippen LogP contribution in [0, 0.1) is 31.6 Å². The van der Waals surface area contributed by atoms with Crippen LogP contribution in [0.15, 0.2) is 102 Å². The molecule has 17 nitrogen and oxygen atoms in total. The van der Waals surface area contributed by atoms with Crippen molar-refractivity contribution >= 4 is 74.6 Å². The molecular weight excluding hydrogens is 847 g/mol. The number of nitriles is 1. The average Bonchev–Trinajstić information content (AvgIpc) is 4.00. The Kier molecular flexibility index (Phi) is 24.3. The summed E-state index contributed by atoms with van der Waals surface area (Å²) in [4.78, 5) is 26.7. The smallest absolute Gasteiger partial charge is 0.269 e. The predicted molar refractivity (Wildman–Crippen MR) is 235 cm³/mol. The summed E-state index contributed by atoms with van der Waals surface area (Å²) in [6.07, 6.45) is 7.59. The van der Waals surface area contributed by atoms with Crippen LogP contribution in [-0.4, -0.2) is 69.1 Å². The van der Waals surface area contributed by atoms with Crippen molar-refractivity contribution in [2.24, 2.45) is 16.6 Å². The van der Waals surface area contributed by atoms with Gasteiger partial charge in [-0.2, -0.15) is 5.26 Å². The number of alkyl halides is 1. The third-order valence-electron chi connectivity index (χ3n) is 8.92. The van der Waals surface area contributed by atoms with Crippen LogP contribution in [0.5, 0.6) is 0 Å². The quantitative estimate of drug-likeness (QED) is 0.0414. The molecule has 3 heterocycles. The highest BCUT2D eigenvalue weighted by Gasteiger charge is 2.21. The molecule has 0 amide bonds. The van der Waals surface area contributed by atoms with Crippen molar-refractivity contribution in [1.82, 2.24) is 0 Å². The molecule has 3 aliphatic rings. The largest absolute Gasteiger partial charge is 1.00 e. The second-order valence-corrected chi connectivity index (χ2v) is 13.6. The minimum absolute atomic E-state index is 0. The van der Waals surface area contributed by atoms with Crippen molar-refractivity contribution in [2.75, 3.05) is 54.7 Å². The molecule has 1 fully saturated rings. The van der Waals surface area contributed by atoms with E-state index >= 15 is 0 Å². The predicted octanol–water partition coefficient (Wildman–Crippen LogP) is 0.996. The van der Waals surface area contributed by atoms with E-state index in [-0.39, 0.29) is 36.2 Å². The van der Waals surface area contributed by atoms with Gasteiger partial charge in [-0.15, -0.1) is 11.6 Å². The third-order valence-corrected chi connectivity index (χ3v) is 9.19. The summed E-state index contributed by atoms with van der Waals surface area (Å²) >= 11 is 5.23. The molecule has 7 rings (SSSR count). The number of benzene rings is 4. The van der Waals surface area contributed by atoms with Crippen LogP contribution in [0.1, 0.15) is 51.4 Å². The standard InChI is InChI=1S/C11H15N3O.C10H11N3O2.C10H13N3.C6H6N2O2.C4H6ClN.2ClH/c1-15-13-11-3-2-8-14(11)10-6-4-9(12)5-7-10;11-10-2-1-7-12(10)8-3-5-9(6-4-8)13(14)15;11-8-3-5-9(6-4-8)13-7-1-2-10(13)12;7-5-1-3-6(4-2-5)8(9)10;5-3-1-2-4-6;;/h4-7H,2-3,8,12H2,1H3;3-6,11H,1-2,7H2;3-6,12H,1-2,7,11H2;1-4H,7H2;1-3H2;2*1H/b13-11+;;;;;;. The van der Waals surface area contributed by atoms with E-state index in [0.717, 1.165) is 111 Å². The van der Waals surface area contributed by atoms with Crippen LogP contribution < -0.4 is 58.4 Å². The molecule has 0 spiro atoms. The van der Waals surface area contributed by atoms with Crippen molar-refractivity contribution in [3.8, 4) is 6.07 Å². The summed E-state index contributed by atoms with van der Waals surface area (Å²) in [5.74, 6) is 3.39. The van der Waals surface area contributed by atoms with Crippen LogP contribution in [-0.2, 0) is 4.84 Å². The van der Waals surface area contributed by atoms with Crippen LogP contribution in [0.2, 0.25) is 0 Å². The molecule has 4 aromatic carbocycles. The maximum Gasteiger partial charge on any atom is 0.269 e. The molecule has 61 heavy (non-hydrogen) atoms. The Bertz CT molecular complexity index is 2100. The highest BCUT2D eigenvalue weighted by molar-refractivity contribution is 6.17. The second kappa shape index (κ2) is 28.2. The number of halogens is 3. The average molecular weight is 900 g/mol. The molecule has 328 valence electrons. The number of nitrogens with zero attached hydrogens (tertiary/aromatic N) is 7. The minimum Gasteiger partial charge on any atom is -1.00 e. The summed E-state index contributed by atoms with van der Waals surface area (Å²) < 4.78 is 4.13. The Morgan fingerprint density at radius 3 is 1.48 bits per heavy atom. The second-order valence-electron chi connectivity index (χ2n) is 13.2. The lowest BCUT2D eigenvalue weighted by atomic mass is 10.2. The Balaban J connectivity index is 0.000000389. The summed E-state index contributed by atoms with van der Waals surface area (Å²) in [6.45, 7) is 2.91. The van der Waals surface area contributed by atoms with Gasteiger partial charge in [0.05, 0.1) is 41.8 Å². The number of oxime groups is 1. The molecule has 20 heteroatoms. The van der Waals surface area contributed by atoms with Gasteiger partial charge < -0.3 is 51.8 Å². The molecular formula is C41H53Cl3N12O5. The molecule has 0 atom stereocenters. The zero-order valence-electron chi connectivity index (χ0n) is 33.9. The topological polar surface area (TPSA) is 271 Å². The summed E-state index contributed by atoms with van der Waals surface area (Å²) in [5, 5.41) is 32.4. The third kappa shape index (κ3) is 17.8. The molecule has 0 aromatic heterocycles. The Morgan fingerprint density at radius 2 is 1.11 bits per heavy atom. The van der Waals surface area contributed by atoms with Crippen molar-refractivity contribution in [3.63, 3.8) is 0 Å². The highest BCUT2D eigenvalue weighted by atomic mass is 35.5. The number of nitro groups is 2.